The normalized spacial score (nSPS) is 16.2. The van der Waals surface area contributed by atoms with Gasteiger partial charge in [0.25, 0.3) is 0 Å². The molecule has 0 bridgehead atoms. The zero-order valence-corrected chi connectivity index (χ0v) is 14.1. The van der Waals surface area contributed by atoms with Crippen molar-refractivity contribution in [2.45, 2.75) is 25.4 Å². The molecule has 2 aromatic rings. The summed E-state index contributed by atoms with van der Waals surface area (Å²) in [6.07, 6.45) is 3.59. The highest BCUT2D eigenvalue weighted by atomic mass is 32.1. The lowest BCUT2D eigenvalue weighted by atomic mass is 10.1. The summed E-state index contributed by atoms with van der Waals surface area (Å²) in [7, 11) is 0. The number of aromatic nitrogens is 1. The first-order valence-corrected chi connectivity index (χ1v) is 8.79. The van der Waals surface area contributed by atoms with Gasteiger partial charge in [0.05, 0.1) is 12.6 Å². The van der Waals surface area contributed by atoms with Gasteiger partial charge in [-0.15, -0.1) is 11.3 Å². The van der Waals surface area contributed by atoms with Crippen molar-refractivity contribution in [3.05, 3.63) is 46.7 Å². The minimum Gasteiger partial charge on any atom is -0.393 e. The van der Waals surface area contributed by atoms with Gasteiger partial charge in [-0.1, -0.05) is 12.1 Å². The maximum atomic E-state index is 12.9. The number of carbonyl (C=O) groups excluding carboxylic acids is 1. The van der Waals surface area contributed by atoms with E-state index in [1.807, 2.05) is 4.90 Å². The van der Waals surface area contributed by atoms with E-state index in [0.717, 1.165) is 23.5 Å². The van der Waals surface area contributed by atoms with E-state index < -0.39 is 0 Å². The van der Waals surface area contributed by atoms with Gasteiger partial charge in [0.2, 0.25) is 5.91 Å². The van der Waals surface area contributed by atoms with Crippen LogP contribution in [0.2, 0.25) is 0 Å². The molecule has 1 aromatic heterocycles. The van der Waals surface area contributed by atoms with Crippen LogP contribution in [0.1, 0.15) is 23.3 Å². The summed E-state index contributed by atoms with van der Waals surface area (Å²) in [4.78, 5) is 19.4. The lowest BCUT2D eigenvalue weighted by molar-refractivity contribution is -0.117. The molecule has 0 aliphatic carbocycles. The maximum Gasteiger partial charge on any atom is 0.240 e. The Hall–Kier alpha value is -1.83. The first-order valence-electron chi connectivity index (χ1n) is 7.98. The van der Waals surface area contributed by atoms with Crippen molar-refractivity contribution in [1.29, 1.82) is 0 Å². The number of thiazole rings is 1. The van der Waals surface area contributed by atoms with Crippen LogP contribution in [0.3, 0.4) is 0 Å². The molecule has 1 aromatic carbocycles. The van der Waals surface area contributed by atoms with Crippen molar-refractivity contribution in [1.82, 2.24) is 9.88 Å². The average molecular weight is 349 g/mol. The highest BCUT2D eigenvalue weighted by molar-refractivity contribution is 7.15. The largest absolute Gasteiger partial charge is 0.393 e. The van der Waals surface area contributed by atoms with Gasteiger partial charge in [-0.25, -0.2) is 9.37 Å². The molecule has 0 radical (unpaired) electrons. The van der Waals surface area contributed by atoms with Crippen molar-refractivity contribution >= 4 is 22.4 Å². The Bertz CT molecular complexity index is 681. The molecule has 24 heavy (non-hydrogen) atoms. The van der Waals surface area contributed by atoms with Gasteiger partial charge in [0.15, 0.2) is 5.13 Å². The molecule has 5 nitrogen and oxygen atoms in total. The molecule has 1 aliphatic rings. The van der Waals surface area contributed by atoms with Crippen molar-refractivity contribution in [3.63, 3.8) is 0 Å². The van der Waals surface area contributed by atoms with Gasteiger partial charge in [-0.3, -0.25) is 9.69 Å². The highest BCUT2D eigenvalue weighted by Gasteiger charge is 2.19. The molecule has 1 amide bonds. The molecule has 1 aliphatic heterocycles. The van der Waals surface area contributed by atoms with Gasteiger partial charge in [-0.2, -0.15) is 0 Å². The summed E-state index contributed by atoms with van der Waals surface area (Å²) in [5.41, 5.74) is 1.00. The van der Waals surface area contributed by atoms with Gasteiger partial charge in [0.1, 0.15) is 5.82 Å². The second kappa shape index (κ2) is 7.83. The van der Waals surface area contributed by atoms with E-state index >= 15 is 0 Å². The number of piperidine rings is 1. The number of halogens is 1. The second-order valence-electron chi connectivity index (χ2n) is 5.99. The van der Waals surface area contributed by atoms with E-state index in [1.165, 1.54) is 23.5 Å². The Balaban J connectivity index is 1.50. The number of aliphatic hydroxyl groups is 1. The Labute approximate surface area is 144 Å². The molecule has 0 spiro atoms. The lowest BCUT2D eigenvalue weighted by Gasteiger charge is -2.28. The molecular formula is C17H20FN3O2S. The van der Waals surface area contributed by atoms with Crippen LogP contribution >= 0.6 is 11.3 Å². The monoisotopic (exact) mass is 349 g/mol. The number of likely N-dealkylation sites (tertiary alicyclic amines) is 1. The summed E-state index contributed by atoms with van der Waals surface area (Å²) in [5.74, 6) is -0.338. The topological polar surface area (TPSA) is 65.5 Å². The Morgan fingerprint density at radius 1 is 1.33 bits per heavy atom. The number of aliphatic hydroxyl groups excluding tert-OH is 1. The fraction of sp³-hybridized carbons (Fsp3) is 0.412. The molecule has 2 N–H and O–H groups in total. The van der Waals surface area contributed by atoms with Crippen molar-refractivity contribution in [2.24, 2.45) is 0 Å². The number of anilines is 1. The van der Waals surface area contributed by atoms with Gasteiger partial charge < -0.3 is 10.4 Å². The van der Waals surface area contributed by atoms with E-state index in [9.17, 15) is 14.3 Å². The van der Waals surface area contributed by atoms with Crippen molar-refractivity contribution in [2.75, 3.05) is 25.0 Å². The summed E-state index contributed by atoms with van der Waals surface area (Å²) in [6, 6.07) is 6.37. The average Bonchev–Trinajstić information content (AvgIpc) is 2.99. The first kappa shape index (κ1) is 17.0. The fourth-order valence-corrected chi connectivity index (χ4v) is 3.55. The predicted molar refractivity (Wildman–Crippen MR) is 91.6 cm³/mol. The minimum absolute atomic E-state index is 0.0888. The van der Waals surface area contributed by atoms with Crippen LogP contribution in [0.5, 0.6) is 0 Å². The third kappa shape index (κ3) is 4.83. The number of nitrogens with one attached hydrogen (secondary N) is 1. The number of hydrogen-bond acceptors (Lipinski definition) is 5. The summed E-state index contributed by atoms with van der Waals surface area (Å²) in [5, 5.41) is 12.9. The number of benzene rings is 1. The van der Waals surface area contributed by atoms with Crippen LogP contribution in [0, 0.1) is 5.82 Å². The van der Waals surface area contributed by atoms with E-state index in [0.29, 0.717) is 30.9 Å². The van der Waals surface area contributed by atoms with Gasteiger partial charge >= 0.3 is 0 Å². The minimum atomic E-state index is -0.249. The Morgan fingerprint density at radius 3 is 2.75 bits per heavy atom. The molecule has 3 rings (SSSR count). The van der Waals surface area contributed by atoms with E-state index in [-0.39, 0.29) is 17.8 Å². The fourth-order valence-electron chi connectivity index (χ4n) is 2.69. The maximum absolute atomic E-state index is 12.9. The predicted octanol–water partition coefficient (Wildman–Crippen LogP) is 2.27. The lowest BCUT2D eigenvalue weighted by Crippen LogP contribution is -2.40. The standard InChI is InChI=1S/C17H20FN3O2S/c18-13-3-1-12(2-4-13)9-15-10-19-17(24-15)20-16(23)11-21-7-5-14(22)6-8-21/h1-4,10,14,22H,5-9,11H2,(H,19,20,23). The summed E-state index contributed by atoms with van der Waals surface area (Å²) in [6.45, 7) is 1.80. The van der Waals surface area contributed by atoms with E-state index in [2.05, 4.69) is 10.3 Å². The zero-order chi connectivity index (χ0) is 16.9. The number of amides is 1. The molecule has 128 valence electrons. The molecule has 1 fully saturated rings. The zero-order valence-electron chi connectivity index (χ0n) is 13.2. The van der Waals surface area contributed by atoms with Crippen LogP contribution in [-0.4, -0.2) is 46.6 Å². The molecule has 1 saturated heterocycles. The van der Waals surface area contributed by atoms with E-state index in [4.69, 9.17) is 0 Å². The van der Waals surface area contributed by atoms with Crippen molar-refractivity contribution in [3.8, 4) is 0 Å². The molecule has 0 saturated carbocycles. The Morgan fingerprint density at radius 2 is 2.04 bits per heavy atom. The van der Waals surface area contributed by atoms with Crippen LogP contribution in [-0.2, 0) is 11.2 Å². The first-order chi connectivity index (χ1) is 11.6. The van der Waals surface area contributed by atoms with Crippen LogP contribution in [0.25, 0.3) is 0 Å². The second-order valence-corrected chi connectivity index (χ2v) is 7.11. The van der Waals surface area contributed by atoms with Crippen LogP contribution in [0.15, 0.2) is 30.5 Å². The number of carbonyl (C=O) groups is 1. The quantitative estimate of drug-likeness (QED) is 0.869. The van der Waals surface area contributed by atoms with Crippen LogP contribution < -0.4 is 5.32 Å². The molecular weight excluding hydrogens is 329 g/mol. The van der Waals surface area contributed by atoms with Gasteiger partial charge in [0, 0.05) is 30.6 Å². The van der Waals surface area contributed by atoms with Gasteiger partial charge in [-0.05, 0) is 30.5 Å². The third-order valence-corrected chi connectivity index (χ3v) is 4.93. The van der Waals surface area contributed by atoms with E-state index in [1.54, 1.807) is 18.3 Å². The Kier molecular flexibility index (Phi) is 5.55. The summed E-state index contributed by atoms with van der Waals surface area (Å²) >= 11 is 1.43. The molecule has 0 unspecified atom stereocenters. The van der Waals surface area contributed by atoms with Crippen LogP contribution in [0.4, 0.5) is 9.52 Å². The number of hydrogen-bond donors (Lipinski definition) is 2. The molecule has 2 heterocycles. The number of nitrogens with zero attached hydrogens (tertiary/aromatic N) is 2. The highest BCUT2D eigenvalue weighted by Crippen LogP contribution is 2.21. The SMILES string of the molecule is O=C(CN1CCC(O)CC1)Nc1ncc(Cc2ccc(F)cc2)s1. The third-order valence-electron chi connectivity index (χ3n) is 4.02. The number of rotatable bonds is 5. The summed E-state index contributed by atoms with van der Waals surface area (Å²) < 4.78 is 12.9. The molecule has 7 heteroatoms. The molecule has 0 atom stereocenters. The van der Waals surface area contributed by atoms with Crippen molar-refractivity contribution < 1.29 is 14.3 Å². The smallest absolute Gasteiger partial charge is 0.240 e.